The van der Waals surface area contributed by atoms with Crippen LogP contribution in [0.3, 0.4) is 0 Å². The van der Waals surface area contributed by atoms with Crippen LogP contribution in [0.4, 0.5) is 0 Å². The molecule has 1 saturated heterocycles. The molecule has 5 nitrogen and oxygen atoms in total. The number of amides is 2. The molecule has 1 aliphatic heterocycles. The molecule has 2 amide bonds. The van der Waals surface area contributed by atoms with Crippen LogP contribution in [-0.4, -0.2) is 49.4 Å². The molecule has 0 aromatic heterocycles. The Labute approximate surface area is 103 Å². The van der Waals surface area contributed by atoms with Gasteiger partial charge in [0.2, 0.25) is 11.8 Å². The van der Waals surface area contributed by atoms with Gasteiger partial charge in [-0.1, -0.05) is 0 Å². The Hall–Kier alpha value is -1.10. The lowest BCUT2D eigenvalue weighted by Crippen LogP contribution is -2.46. The van der Waals surface area contributed by atoms with Crippen molar-refractivity contribution in [2.24, 2.45) is 5.92 Å². The van der Waals surface area contributed by atoms with Crippen molar-refractivity contribution < 1.29 is 9.59 Å². The topological polar surface area (TPSA) is 61.4 Å². The minimum atomic E-state index is -0.0773. The fourth-order valence-electron chi connectivity index (χ4n) is 2.09. The minimum Gasteiger partial charge on any atom is -0.355 e. The van der Waals surface area contributed by atoms with E-state index in [1.165, 1.54) is 0 Å². The molecule has 0 aromatic carbocycles. The van der Waals surface area contributed by atoms with Crippen molar-refractivity contribution in [3.05, 3.63) is 0 Å². The summed E-state index contributed by atoms with van der Waals surface area (Å²) in [5.74, 6) is 0.0653. The predicted octanol–water partition coefficient (Wildman–Crippen LogP) is -0.0294. The molecular formula is C12H23N3O2. The molecule has 0 unspecified atom stereocenters. The zero-order valence-corrected chi connectivity index (χ0v) is 10.8. The van der Waals surface area contributed by atoms with E-state index in [1.807, 2.05) is 13.8 Å². The molecule has 1 atom stereocenters. The van der Waals surface area contributed by atoms with Gasteiger partial charge in [-0.15, -0.1) is 0 Å². The van der Waals surface area contributed by atoms with Gasteiger partial charge in [0.25, 0.3) is 0 Å². The molecular weight excluding hydrogens is 218 g/mol. The van der Waals surface area contributed by atoms with Crippen molar-refractivity contribution in [1.82, 2.24) is 15.5 Å². The molecule has 0 bridgehead atoms. The van der Waals surface area contributed by atoms with Crippen LogP contribution in [-0.2, 0) is 9.59 Å². The third-order valence-corrected chi connectivity index (χ3v) is 3.05. The van der Waals surface area contributed by atoms with Gasteiger partial charge in [-0.25, -0.2) is 0 Å². The Bertz CT molecular complexity index is 262. The molecule has 0 spiro atoms. The van der Waals surface area contributed by atoms with Gasteiger partial charge in [0.15, 0.2) is 0 Å². The highest BCUT2D eigenvalue weighted by Gasteiger charge is 2.25. The average Bonchev–Trinajstić information content (AvgIpc) is 2.36. The number of carbonyl (C=O) groups excluding carboxylic acids is 2. The van der Waals surface area contributed by atoms with Crippen molar-refractivity contribution in [2.75, 3.05) is 32.7 Å². The third-order valence-electron chi connectivity index (χ3n) is 3.05. The molecule has 0 aliphatic carbocycles. The van der Waals surface area contributed by atoms with Crippen molar-refractivity contribution in [2.45, 2.75) is 26.7 Å². The summed E-state index contributed by atoms with van der Waals surface area (Å²) < 4.78 is 0. The van der Waals surface area contributed by atoms with Gasteiger partial charge in [-0.3, -0.25) is 9.59 Å². The molecule has 98 valence electrons. The van der Waals surface area contributed by atoms with Crippen molar-refractivity contribution in [3.8, 4) is 0 Å². The monoisotopic (exact) mass is 241 g/mol. The van der Waals surface area contributed by atoms with Crippen molar-refractivity contribution in [3.63, 3.8) is 0 Å². The molecule has 1 rings (SSSR count). The standard InChI is InChI=1S/C12H23N3O2/c1-3-14-11(16)9-15(4-2)12(17)10-6-5-7-13-8-10/h10,13H,3-9H2,1-2H3,(H,14,16)/t10-/m1/s1. The fraction of sp³-hybridized carbons (Fsp3) is 0.833. The quantitative estimate of drug-likeness (QED) is 0.710. The maximum absolute atomic E-state index is 12.2. The summed E-state index contributed by atoms with van der Waals surface area (Å²) >= 11 is 0. The van der Waals surface area contributed by atoms with Crippen LogP contribution < -0.4 is 10.6 Å². The summed E-state index contributed by atoms with van der Waals surface area (Å²) in [5, 5.41) is 5.94. The number of nitrogens with one attached hydrogen (secondary N) is 2. The third kappa shape index (κ3) is 4.34. The molecule has 1 heterocycles. The van der Waals surface area contributed by atoms with Crippen LogP contribution in [0.2, 0.25) is 0 Å². The van der Waals surface area contributed by atoms with Crippen molar-refractivity contribution >= 4 is 11.8 Å². The van der Waals surface area contributed by atoms with E-state index in [1.54, 1.807) is 4.90 Å². The molecule has 17 heavy (non-hydrogen) atoms. The maximum Gasteiger partial charge on any atom is 0.239 e. The van der Waals surface area contributed by atoms with Crippen LogP contribution in [0.15, 0.2) is 0 Å². The van der Waals surface area contributed by atoms with E-state index in [2.05, 4.69) is 10.6 Å². The average molecular weight is 241 g/mol. The molecule has 1 fully saturated rings. The number of piperidine rings is 1. The lowest BCUT2D eigenvalue weighted by Gasteiger charge is -2.28. The number of likely N-dealkylation sites (N-methyl/N-ethyl adjacent to an activating group) is 2. The predicted molar refractivity (Wildman–Crippen MR) is 66.5 cm³/mol. The first-order chi connectivity index (χ1) is 8.19. The first-order valence-corrected chi connectivity index (χ1v) is 6.45. The Kier molecular flexibility index (Phi) is 5.97. The highest BCUT2D eigenvalue weighted by molar-refractivity contribution is 5.86. The van der Waals surface area contributed by atoms with Gasteiger partial charge in [0.05, 0.1) is 12.5 Å². The molecule has 2 N–H and O–H groups in total. The van der Waals surface area contributed by atoms with E-state index in [-0.39, 0.29) is 24.3 Å². The summed E-state index contributed by atoms with van der Waals surface area (Å²) in [6.07, 6.45) is 1.97. The smallest absolute Gasteiger partial charge is 0.239 e. The minimum absolute atomic E-state index is 0.0399. The number of rotatable bonds is 5. The Morgan fingerprint density at radius 3 is 2.71 bits per heavy atom. The fourth-order valence-corrected chi connectivity index (χ4v) is 2.09. The molecule has 5 heteroatoms. The zero-order valence-electron chi connectivity index (χ0n) is 10.8. The lowest BCUT2D eigenvalue weighted by molar-refractivity contribution is -0.139. The van der Waals surface area contributed by atoms with Crippen molar-refractivity contribution in [1.29, 1.82) is 0 Å². The second kappa shape index (κ2) is 7.27. The summed E-state index contributed by atoms with van der Waals surface area (Å²) in [5.41, 5.74) is 0. The normalized spacial score (nSPS) is 19.8. The number of hydrogen-bond donors (Lipinski definition) is 2. The Morgan fingerprint density at radius 1 is 1.41 bits per heavy atom. The van der Waals surface area contributed by atoms with E-state index in [9.17, 15) is 9.59 Å². The van der Waals surface area contributed by atoms with Crippen LogP contribution in [0, 0.1) is 5.92 Å². The first kappa shape index (κ1) is 14.0. The van der Waals surface area contributed by atoms with Gasteiger partial charge in [-0.2, -0.15) is 0 Å². The zero-order chi connectivity index (χ0) is 12.7. The maximum atomic E-state index is 12.2. The van der Waals surface area contributed by atoms with Gasteiger partial charge < -0.3 is 15.5 Å². The second-order valence-corrected chi connectivity index (χ2v) is 4.35. The Morgan fingerprint density at radius 2 is 2.18 bits per heavy atom. The van der Waals surface area contributed by atoms with Crippen LogP contribution >= 0.6 is 0 Å². The van der Waals surface area contributed by atoms with Crippen LogP contribution in [0.25, 0.3) is 0 Å². The van der Waals surface area contributed by atoms with Crippen LogP contribution in [0.5, 0.6) is 0 Å². The van der Waals surface area contributed by atoms with E-state index in [4.69, 9.17) is 0 Å². The van der Waals surface area contributed by atoms with Gasteiger partial charge >= 0.3 is 0 Å². The molecule has 0 saturated carbocycles. The number of hydrogen-bond acceptors (Lipinski definition) is 3. The summed E-state index contributed by atoms with van der Waals surface area (Å²) in [6.45, 7) is 6.90. The second-order valence-electron chi connectivity index (χ2n) is 4.35. The number of nitrogens with zero attached hydrogens (tertiary/aromatic N) is 1. The van der Waals surface area contributed by atoms with E-state index < -0.39 is 0 Å². The van der Waals surface area contributed by atoms with Gasteiger partial charge in [0, 0.05) is 19.6 Å². The lowest BCUT2D eigenvalue weighted by atomic mass is 9.98. The summed E-state index contributed by atoms with van der Waals surface area (Å²) in [7, 11) is 0. The van der Waals surface area contributed by atoms with Gasteiger partial charge in [0.1, 0.15) is 0 Å². The van der Waals surface area contributed by atoms with E-state index in [0.717, 1.165) is 25.9 Å². The summed E-state index contributed by atoms with van der Waals surface area (Å²) in [6, 6.07) is 0. The SMILES string of the molecule is CCNC(=O)CN(CC)C(=O)[C@@H]1CCCNC1. The Balaban J connectivity index is 2.47. The summed E-state index contributed by atoms with van der Waals surface area (Å²) in [4.78, 5) is 25.3. The van der Waals surface area contributed by atoms with Gasteiger partial charge in [-0.05, 0) is 33.2 Å². The molecule has 0 radical (unpaired) electrons. The highest BCUT2D eigenvalue weighted by atomic mass is 16.2. The van der Waals surface area contributed by atoms with E-state index >= 15 is 0 Å². The first-order valence-electron chi connectivity index (χ1n) is 6.45. The van der Waals surface area contributed by atoms with Crippen LogP contribution in [0.1, 0.15) is 26.7 Å². The molecule has 0 aromatic rings. The number of carbonyl (C=O) groups is 2. The van der Waals surface area contributed by atoms with E-state index in [0.29, 0.717) is 13.1 Å². The molecule has 1 aliphatic rings. The highest BCUT2D eigenvalue weighted by Crippen LogP contribution is 2.13. The largest absolute Gasteiger partial charge is 0.355 e.